The molecule has 0 aliphatic heterocycles. The third-order valence-electron chi connectivity index (χ3n) is 2.83. The standard InChI is InChI=1S/C13H11ClF3N3O4/c1-22-9-4-10(23-2)8(3-7(9)14)18-12(21)19-11-6(5-24-20-11)13(15,16)17/h3-5H,1-2H3,(H2,18,19,20,21). The summed E-state index contributed by atoms with van der Waals surface area (Å²) in [5.74, 6) is -0.267. The first-order valence-electron chi connectivity index (χ1n) is 6.27. The number of hydrogen-bond acceptors (Lipinski definition) is 5. The van der Waals surface area contributed by atoms with Gasteiger partial charge in [-0.1, -0.05) is 16.8 Å². The van der Waals surface area contributed by atoms with Gasteiger partial charge in [0.05, 0.1) is 24.9 Å². The lowest BCUT2D eigenvalue weighted by Gasteiger charge is -2.13. The highest BCUT2D eigenvalue weighted by Gasteiger charge is 2.37. The van der Waals surface area contributed by atoms with Crippen LogP contribution in [-0.2, 0) is 6.18 Å². The summed E-state index contributed by atoms with van der Waals surface area (Å²) in [7, 11) is 2.73. The summed E-state index contributed by atoms with van der Waals surface area (Å²) in [5, 5.41) is 7.53. The molecule has 0 spiro atoms. The van der Waals surface area contributed by atoms with Crippen molar-refractivity contribution in [2.75, 3.05) is 24.9 Å². The summed E-state index contributed by atoms with van der Waals surface area (Å²) in [6.45, 7) is 0. The van der Waals surface area contributed by atoms with Crippen LogP contribution in [0.25, 0.3) is 0 Å². The van der Waals surface area contributed by atoms with Crippen LogP contribution >= 0.6 is 11.6 Å². The molecule has 2 rings (SSSR count). The van der Waals surface area contributed by atoms with Gasteiger partial charge >= 0.3 is 12.2 Å². The second kappa shape index (κ2) is 6.87. The van der Waals surface area contributed by atoms with E-state index in [1.807, 2.05) is 5.32 Å². The van der Waals surface area contributed by atoms with Crippen molar-refractivity contribution in [1.29, 1.82) is 0 Å². The first kappa shape index (κ1) is 17.7. The first-order valence-corrected chi connectivity index (χ1v) is 6.65. The molecule has 7 nitrogen and oxygen atoms in total. The third kappa shape index (κ3) is 3.82. The zero-order valence-corrected chi connectivity index (χ0v) is 13.1. The van der Waals surface area contributed by atoms with Gasteiger partial charge in [0.2, 0.25) is 0 Å². The number of nitrogens with one attached hydrogen (secondary N) is 2. The molecule has 0 atom stereocenters. The topological polar surface area (TPSA) is 85.6 Å². The van der Waals surface area contributed by atoms with Crippen LogP contribution in [0.1, 0.15) is 5.56 Å². The van der Waals surface area contributed by atoms with E-state index < -0.39 is 23.6 Å². The van der Waals surface area contributed by atoms with Crippen molar-refractivity contribution in [1.82, 2.24) is 5.16 Å². The first-order chi connectivity index (χ1) is 11.3. The molecule has 0 bridgehead atoms. The number of methoxy groups -OCH3 is 2. The minimum Gasteiger partial charge on any atom is -0.495 e. The van der Waals surface area contributed by atoms with Crippen molar-refractivity contribution in [3.05, 3.63) is 29.0 Å². The highest BCUT2D eigenvalue weighted by atomic mass is 35.5. The number of alkyl halides is 3. The summed E-state index contributed by atoms with van der Waals surface area (Å²) < 4.78 is 52.4. The zero-order valence-electron chi connectivity index (χ0n) is 12.3. The molecule has 2 amide bonds. The van der Waals surface area contributed by atoms with Gasteiger partial charge < -0.3 is 19.3 Å². The Kier molecular flexibility index (Phi) is 5.07. The van der Waals surface area contributed by atoms with E-state index in [2.05, 4.69) is 15.0 Å². The van der Waals surface area contributed by atoms with Crippen LogP contribution in [0.2, 0.25) is 5.02 Å². The third-order valence-corrected chi connectivity index (χ3v) is 3.12. The van der Waals surface area contributed by atoms with E-state index in [0.29, 0.717) is 12.0 Å². The lowest BCUT2D eigenvalue weighted by molar-refractivity contribution is -0.137. The number of urea groups is 1. The van der Waals surface area contributed by atoms with Gasteiger partial charge in [-0.05, 0) is 6.07 Å². The van der Waals surface area contributed by atoms with Gasteiger partial charge in [-0.25, -0.2) is 4.79 Å². The van der Waals surface area contributed by atoms with Gasteiger partial charge in [-0.2, -0.15) is 13.2 Å². The number of nitrogens with zero attached hydrogens (tertiary/aromatic N) is 1. The van der Waals surface area contributed by atoms with Gasteiger partial charge in [0, 0.05) is 6.07 Å². The lowest BCUT2D eigenvalue weighted by Crippen LogP contribution is -2.22. The SMILES string of the molecule is COc1cc(OC)c(NC(=O)Nc2nocc2C(F)(F)F)cc1Cl. The summed E-state index contributed by atoms with van der Waals surface area (Å²) in [6.07, 6.45) is -4.33. The Bertz CT molecular complexity index is 749. The Morgan fingerprint density at radius 3 is 2.46 bits per heavy atom. The van der Waals surface area contributed by atoms with E-state index in [1.165, 1.54) is 26.4 Å². The largest absolute Gasteiger partial charge is 0.495 e. The molecule has 0 saturated heterocycles. The number of amides is 2. The van der Waals surface area contributed by atoms with E-state index in [-0.39, 0.29) is 16.5 Å². The molecule has 2 N–H and O–H groups in total. The number of aromatic nitrogens is 1. The fraction of sp³-hybridized carbons (Fsp3) is 0.231. The number of halogens is 4. The summed E-state index contributed by atoms with van der Waals surface area (Å²) in [5.41, 5.74) is -1.09. The molecule has 130 valence electrons. The van der Waals surface area contributed by atoms with Crippen LogP contribution in [0.4, 0.5) is 29.5 Å². The molecular formula is C13H11ClF3N3O4. The van der Waals surface area contributed by atoms with Gasteiger partial charge in [0.25, 0.3) is 0 Å². The van der Waals surface area contributed by atoms with Gasteiger partial charge in [-0.15, -0.1) is 0 Å². The summed E-state index contributed by atoms with van der Waals surface area (Å²) >= 11 is 5.94. The number of carbonyl (C=O) groups is 1. The number of ether oxygens (including phenoxy) is 2. The van der Waals surface area contributed by atoms with Crippen molar-refractivity contribution in [3.63, 3.8) is 0 Å². The molecule has 0 radical (unpaired) electrons. The van der Waals surface area contributed by atoms with E-state index in [9.17, 15) is 18.0 Å². The van der Waals surface area contributed by atoms with Crippen LogP contribution in [0.3, 0.4) is 0 Å². The van der Waals surface area contributed by atoms with E-state index >= 15 is 0 Å². The quantitative estimate of drug-likeness (QED) is 0.855. The summed E-state index contributed by atoms with van der Waals surface area (Å²) in [6, 6.07) is 1.75. The Balaban J connectivity index is 2.19. The second-order valence-corrected chi connectivity index (χ2v) is 4.75. The van der Waals surface area contributed by atoms with Crippen LogP contribution in [0, 0.1) is 0 Å². The molecule has 1 heterocycles. The molecule has 1 aromatic carbocycles. The van der Waals surface area contributed by atoms with Crippen LogP contribution in [0.5, 0.6) is 11.5 Å². The van der Waals surface area contributed by atoms with Gasteiger partial charge in [-0.3, -0.25) is 5.32 Å². The molecular weight excluding hydrogens is 355 g/mol. The number of benzene rings is 1. The monoisotopic (exact) mass is 365 g/mol. The smallest absolute Gasteiger partial charge is 0.423 e. The highest BCUT2D eigenvalue weighted by molar-refractivity contribution is 6.32. The normalized spacial score (nSPS) is 11.1. The maximum absolute atomic E-state index is 12.7. The molecule has 1 aromatic heterocycles. The number of anilines is 2. The number of carbonyl (C=O) groups excluding carboxylic acids is 1. The molecule has 0 unspecified atom stereocenters. The van der Waals surface area contributed by atoms with Crippen molar-refractivity contribution in [3.8, 4) is 11.5 Å². The number of rotatable bonds is 4. The Morgan fingerprint density at radius 2 is 1.88 bits per heavy atom. The Hall–Kier alpha value is -2.62. The van der Waals surface area contributed by atoms with Crippen molar-refractivity contribution in [2.24, 2.45) is 0 Å². The predicted octanol–water partition coefficient (Wildman–Crippen LogP) is 4.01. The average molecular weight is 366 g/mol. The molecule has 11 heteroatoms. The molecule has 0 aliphatic rings. The molecule has 0 aliphatic carbocycles. The average Bonchev–Trinajstić information content (AvgIpc) is 2.95. The van der Waals surface area contributed by atoms with Crippen LogP contribution < -0.4 is 20.1 Å². The zero-order chi connectivity index (χ0) is 17.9. The van der Waals surface area contributed by atoms with Crippen molar-refractivity contribution < 1.29 is 32.0 Å². The Morgan fingerprint density at radius 1 is 1.21 bits per heavy atom. The minimum absolute atomic E-state index is 0.123. The van der Waals surface area contributed by atoms with Crippen molar-refractivity contribution >= 4 is 29.1 Å². The van der Waals surface area contributed by atoms with E-state index in [0.717, 1.165) is 0 Å². The van der Waals surface area contributed by atoms with Gasteiger partial charge in [0.15, 0.2) is 5.82 Å². The lowest BCUT2D eigenvalue weighted by atomic mass is 10.2. The van der Waals surface area contributed by atoms with Crippen LogP contribution in [-0.4, -0.2) is 25.4 Å². The fourth-order valence-corrected chi connectivity index (χ4v) is 1.99. The minimum atomic E-state index is -4.72. The van der Waals surface area contributed by atoms with E-state index in [4.69, 9.17) is 21.1 Å². The summed E-state index contributed by atoms with van der Waals surface area (Å²) in [4.78, 5) is 11.9. The van der Waals surface area contributed by atoms with E-state index in [1.54, 1.807) is 0 Å². The molecule has 0 fully saturated rings. The van der Waals surface area contributed by atoms with Gasteiger partial charge in [0.1, 0.15) is 23.3 Å². The number of hydrogen-bond donors (Lipinski definition) is 2. The molecule has 24 heavy (non-hydrogen) atoms. The Labute approximate surface area is 138 Å². The fourth-order valence-electron chi connectivity index (χ4n) is 1.75. The van der Waals surface area contributed by atoms with Crippen molar-refractivity contribution in [2.45, 2.75) is 6.18 Å². The second-order valence-electron chi connectivity index (χ2n) is 4.34. The maximum Gasteiger partial charge on any atom is 0.423 e. The molecule has 2 aromatic rings. The highest BCUT2D eigenvalue weighted by Crippen LogP contribution is 2.36. The predicted molar refractivity (Wildman–Crippen MR) is 78.7 cm³/mol. The molecule has 0 saturated carbocycles. The maximum atomic E-state index is 12.7. The van der Waals surface area contributed by atoms with Crippen LogP contribution in [0.15, 0.2) is 22.9 Å².